The summed E-state index contributed by atoms with van der Waals surface area (Å²) in [5, 5.41) is 1.97. The van der Waals surface area contributed by atoms with Crippen LogP contribution in [0.5, 0.6) is 0 Å². The zero-order chi connectivity index (χ0) is 28.6. The SMILES string of the molecule is c1ccc(-c2nc(-c3ccccc3)nc(-c3ccc4[nH]c5nc(-c6ccccc6)nc(-c6ccccc6)c5c4c3)n2)cc1. The van der Waals surface area contributed by atoms with Gasteiger partial charge >= 0.3 is 0 Å². The molecule has 6 nitrogen and oxygen atoms in total. The molecule has 1 N–H and O–H groups in total. The molecule has 5 aromatic carbocycles. The molecule has 0 spiro atoms. The third kappa shape index (κ3) is 4.61. The maximum atomic E-state index is 5.10. The summed E-state index contributed by atoms with van der Waals surface area (Å²) in [7, 11) is 0. The van der Waals surface area contributed by atoms with Gasteiger partial charge in [0.25, 0.3) is 0 Å². The monoisotopic (exact) mass is 552 g/mol. The van der Waals surface area contributed by atoms with Crippen LogP contribution in [0.3, 0.4) is 0 Å². The Balaban J connectivity index is 1.36. The lowest BCUT2D eigenvalue weighted by Crippen LogP contribution is -2.00. The lowest BCUT2D eigenvalue weighted by Gasteiger charge is -2.09. The predicted molar refractivity (Wildman–Crippen MR) is 172 cm³/mol. The Hall–Kier alpha value is -6.01. The molecule has 0 atom stereocenters. The number of rotatable bonds is 5. The molecule has 0 aliphatic rings. The number of fused-ring (bicyclic) bond motifs is 3. The van der Waals surface area contributed by atoms with Crippen LogP contribution in [-0.2, 0) is 0 Å². The Morgan fingerprint density at radius 3 is 1.33 bits per heavy atom. The summed E-state index contributed by atoms with van der Waals surface area (Å²) in [6.45, 7) is 0. The van der Waals surface area contributed by atoms with Crippen molar-refractivity contribution in [2.45, 2.75) is 0 Å². The minimum absolute atomic E-state index is 0.604. The average molecular weight is 553 g/mol. The topological polar surface area (TPSA) is 80.2 Å². The minimum Gasteiger partial charge on any atom is -0.339 e. The molecule has 3 heterocycles. The average Bonchev–Trinajstić information content (AvgIpc) is 3.47. The molecule has 0 aliphatic heterocycles. The van der Waals surface area contributed by atoms with Crippen molar-refractivity contribution in [1.29, 1.82) is 0 Å². The van der Waals surface area contributed by atoms with E-state index in [1.54, 1.807) is 0 Å². The highest BCUT2D eigenvalue weighted by Gasteiger charge is 2.18. The van der Waals surface area contributed by atoms with E-state index in [0.29, 0.717) is 23.3 Å². The van der Waals surface area contributed by atoms with E-state index in [2.05, 4.69) is 29.2 Å². The maximum absolute atomic E-state index is 5.10. The Bertz CT molecular complexity index is 2150. The number of H-pyrrole nitrogens is 1. The molecule has 43 heavy (non-hydrogen) atoms. The number of aromatic amines is 1. The Morgan fingerprint density at radius 1 is 0.372 bits per heavy atom. The zero-order valence-electron chi connectivity index (χ0n) is 23.0. The molecule has 0 radical (unpaired) electrons. The second-order valence-corrected chi connectivity index (χ2v) is 10.3. The van der Waals surface area contributed by atoms with Crippen LogP contribution < -0.4 is 0 Å². The first-order valence-electron chi connectivity index (χ1n) is 14.1. The third-order valence-corrected chi connectivity index (χ3v) is 7.49. The van der Waals surface area contributed by atoms with E-state index in [-0.39, 0.29) is 0 Å². The highest BCUT2D eigenvalue weighted by molar-refractivity contribution is 6.13. The van der Waals surface area contributed by atoms with Crippen LogP contribution in [0.25, 0.3) is 78.7 Å². The lowest BCUT2D eigenvalue weighted by atomic mass is 10.0. The molecule has 3 aromatic heterocycles. The van der Waals surface area contributed by atoms with Gasteiger partial charge in [-0.3, -0.25) is 0 Å². The molecule has 0 fully saturated rings. The second-order valence-electron chi connectivity index (χ2n) is 10.3. The van der Waals surface area contributed by atoms with Crippen LogP contribution in [0.15, 0.2) is 140 Å². The van der Waals surface area contributed by atoms with Gasteiger partial charge in [-0.05, 0) is 18.2 Å². The smallest absolute Gasteiger partial charge is 0.164 e. The largest absolute Gasteiger partial charge is 0.339 e. The van der Waals surface area contributed by atoms with Gasteiger partial charge in [0.2, 0.25) is 0 Å². The predicted octanol–water partition coefficient (Wildman–Crippen LogP) is 8.63. The summed E-state index contributed by atoms with van der Waals surface area (Å²) < 4.78 is 0. The number of nitrogens with zero attached hydrogens (tertiary/aromatic N) is 5. The summed E-state index contributed by atoms with van der Waals surface area (Å²) >= 11 is 0. The van der Waals surface area contributed by atoms with E-state index < -0.39 is 0 Å². The molecule has 6 heteroatoms. The van der Waals surface area contributed by atoms with Gasteiger partial charge in [0, 0.05) is 38.7 Å². The summed E-state index contributed by atoms with van der Waals surface area (Å²) in [6, 6.07) is 46.6. The lowest BCUT2D eigenvalue weighted by molar-refractivity contribution is 1.07. The first-order valence-corrected chi connectivity index (χ1v) is 14.1. The molecular formula is C37H24N6. The molecule has 8 rings (SSSR count). The normalized spacial score (nSPS) is 11.3. The van der Waals surface area contributed by atoms with Crippen molar-refractivity contribution in [3.63, 3.8) is 0 Å². The van der Waals surface area contributed by atoms with Crippen molar-refractivity contribution in [1.82, 2.24) is 29.9 Å². The van der Waals surface area contributed by atoms with Gasteiger partial charge in [-0.15, -0.1) is 0 Å². The molecule has 0 saturated carbocycles. The first-order chi connectivity index (χ1) is 21.3. The van der Waals surface area contributed by atoms with Crippen molar-refractivity contribution < 1.29 is 0 Å². The van der Waals surface area contributed by atoms with Crippen LogP contribution in [-0.4, -0.2) is 29.9 Å². The van der Waals surface area contributed by atoms with E-state index >= 15 is 0 Å². The molecule has 0 aliphatic carbocycles. The van der Waals surface area contributed by atoms with Gasteiger partial charge in [-0.1, -0.05) is 121 Å². The van der Waals surface area contributed by atoms with Crippen LogP contribution in [0.1, 0.15) is 0 Å². The number of hydrogen-bond donors (Lipinski definition) is 1. The number of nitrogens with one attached hydrogen (secondary N) is 1. The summed E-state index contributed by atoms with van der Waals surface area (Å²) in [6.07, 6.45) is 0. The Kier molecular flexibility index (Phi) is 6.01. The van der Waals surface area contributed by atoms with E-state index in [1.165, 1.54) is 0 Å². The van der Waals surface area contributed by atoms with E-state index in [0.717, 1.165) is 55.4 Å². The molecule has 0 bridgehead atoms. The van der Waals surface area contributed by atoms with Gasteiger partial charge < -0.3 is 4.98 Å². The fourth-order valence-corrected chi connectivity index (χ4v) is 5.39. The van der Waals surface area contributed by atoms with Gasteiger partial charge in [0.1, 0.15) is 5.65 Å². The summed E-state index contributed by atoms with van der Waals surface area (Å²) in [5.74, 6) is 2.54. The Labute approximate surface area is 247 Å². The molecule has 8 aromatic rings. The number of benzene rings is 5. The Morgan fingerprint density at radius 2 is 0.814 bits per heavy atom. The fourth-order valence-electron chi connectivity index (χ4n) is 5.39. The van der Waals surface area contributed by atoms with Gasteiger partial charge in [0.15, 0.2) is 23.3 Å². The minimum atomic E-state index is 0.604. The van der Waals surface area contributed by atoms with Crippen LogP contribution in [0, 0.1) is 0 Å². The number of aromatic nitrogens is 6. The standard InChI is InChI=1S/C37H24N6/c1-5-13-24(14-6-1)32-31-29-23-28(21-22-30(29)38-37(31)43-33(39-32)25-15-7-2-8-16-25)36-41-34(26-17-9-3-10-18-26)40-35(42-36)27-19-11-4-12-20-27/h1-23H,(H,38,39,43). The van der Waals surface area contributed by atoms with Crippen molar-refractivity contribution in [3.05, 3.63) is 140 Å². The third-order valence-electron chi connectivity index (χ3n) is 7.49. The highest BCUT2D eigenvalue weighted by Crippen LogP contribution is 2.36. The molecular weight excluding hydrogens is 528 g/mol. The fraction of sp³-hybridized carbons (Fsp3) is 0. The van der Waals surface area contributed by atoms with Gasteiger partial charge in [0.05, 0.1) is 11.1 Å². The van der Waals surface area contributed by atoms with Crippen molar-refractivity contribution >= 4 is 21.9 Å². The van der Waals surface area contributed by atoms with Crippen molar-refractivity contribution in [2.75, 3.05) is 0 Å². The summed E-state index contributed by atoms with van der Waals surface area (Å²) in [4.78, 5) is 28.3. The number of hydrogen-bond acceptors (Lipinski definition) is 5. The van der Waals surface area contributed by atoms with Crippen LogP contribution in [0.4, 0.5) is 0 Å². The molecule has 0 amide bonds. The van der Waals surface area contributed by atoms with Gasteiger partial charge in [-0.25, -0.2) is 24.9 Å². The van der Waals surface area contributed by atoms with E-state index in [4.69, 9.17) is 24.9 Å². The second kappa shape index (κ2) is 10.4. The molecule has 202 valence electrons. The van der Waals surface area contributed by atoms with Crippen molar-refractivity contribution in [2.24, 2.45) is 0 Å². The molecule has 0 saturated heterocycles. The first kappa shape index (κ1) is 24.8. The van der Waals surface area contributed by atoms with Crippen LogP contribution >= 0.6 is 0 Å². The van der Waals surface area contributed by atoms with Crippen LogP contribution in [0.2, 0.25) is 0 Å². The van der Waals surface area contributed by atoms with Gasteiger partial charge in [-0.2, -0.15) is 0 Å². The summed E-state index contributed by atoms with van der Waals surface area (Å²) in [5.41, 5.74) is 7.37. The zero-order valence-corrected chi connectivity index (χ0v) is 23.0. The highest BCUT2D eigenvalue weighted by atomic mass is 15.0. The quantitative estimate of drug-likeness (QED) is 0.231. The molecule has 0 unspecified atom stereocenters. The van der Waals surface area contributed by atoms with E-state index in [9.17, 15) is 0 Å². The van der Waals surface area contributed by atoms with Crippen molar-refractivity contribution in [3.8, 4) is 56.8 Å². The maximum Gasteiger partial charge on any atom is 0.164 e. The van der Waals surface area contributed by atoms with E-state index in [1.807, 2.05) is 115 Å².